The first-order valence-electron chi connectivity index (χ1n) is 5.71. The van der Waals surface area contributed by atoms with Gasteiger partial charge in [-0.3, -0.25) is 4.79 Å². The molecule has 2 atom stereocenters. The fourth-order valence-electron chi connectivity index (χ4n) is 1.74. The van der Waals surface area contributed by atoms with E-state index in [2.05, 4.69) is 0 Å². The lowest BCUT2D eigenvalue weighted by Gasteiger charge is -2.37. The Morgan fingerprint density at radius 3 is 2.59 bits per heavy atom. The summed E-state index contributed by atoms with van der Waals surface area (Å²) in [7, 11) is 0. The van der Waals surface area contributed by atoms with Crippen molar-refractivity contribution in [3.05, 3.63) is 6.92 Å². The van der Waals surface area contributed by atoms with Crippen LogP contribution in [0, 0.1) is 6.92 Å². The highest BCUT2D eigenvalue weighted by Crippen LogP contribution is 2.24. The Labute approximate surface area is 102 Å². The zero-order valence-electron chi connectivity index (χ0n) is 10.5. The lowest BCUT2D eigenvalue weighted by molar-refractivity contribution is -0.171. The highest BCUT2D eigenvalue weighted by atomic mass is 16.6. The number of amides is 1. The van der Waals surface area contributed by atoms with Crippen molar-refractivity contribution in [2.45, 2.75) is 51.4 Å². The summed E-state index contributed by atoms with van der Waals surface area (Å²) in [6.07, 6.45) is 0.0527. The first-order valence-corrected chi connectivity index (χ1v) is 5.71. The average molecular weight is 241 g/mol. The van der Waals surface area contributed by atoms with Gasteiger partial charge in [-0.05, 0) is 34.1 Å². The van der Waals surface area contributed by atoms with Crippen molar-refractivity contribution in [3.8, 4) is 0 Å². The molecule has 0 saturated carbocycles. The van der Waals surface area contributed by atoms with Crippen molar-refractivity contribution in [3.63, 3.8) is 0 Å². The van der Waals surface area contributed by atoms with Crippen LogP contribution in [0.2, 0.25) is 0 Å². The van der Waals surface area contributed by atoms with Crippen LogP contribution in [0.25, 0.3) is 0 Å². The maximum atomic E-state index is 11.5. The van der Waals surface area contributed by atoms with E-state index >= 15 is 0 Å². The summed E-state index contributed by atoms with van der Waals surface area (Å²) in [6.45, 7) is 11.1. The third kappa shape index (κ3) is 3.19. The van der Waals surface area contributed by atoms with Crippen LogP contribution < -0.4 is 0 Å². The molecule has 1 aliphatic heterocycles. The van der Waals surface area contributed by atoms with Gasteiger partial charge in [0, 0.05) is 13.0 Å². The minimum Gasteiger partial charge on any atom is -0.456 e. The molecular formula is C12H19NO4. The predicted molar refractivity (Wildman–Crippen MR) is 60.9 cm³/mol. The van der Waals surface area contributed by atoms with E-state index in [9.17, 15) is 9.59 Å². The number of nitrogens with zero attached hydrogens (tertiary/aromatic N) is 1. The Kier molecular flexibility index (Phi) is 4.14. The van der Waals surface area contributed by atoms with Crippen molar-refractivity contribution in [1.82, 2.24) is 4.90 Å². The van der Waals surface area contributed by atoms with Crippen molar-refractivity contribution in [2.24, 2.45) is 0 Å². The van der Waals surface area contributed by atoms with Crippen molar-refractivity contribution in [2.75, 3.05) is 6.54 Å². The van der Waals surface area contributed by atoms with E-state index in [0.29, 0.717) is 13.0 Å². The van der Waals surface area contributed by atoms with Crippen LogP contribution in [0.4, 0.5) is 0 Å². The molecule has 0 aliphatic carbocycles. The summed E-state index contributed by atoms with van der Waals surface area (Å²) >= 11 is 0. The molecule has 0 bridgehead atoms. The number of aliphatic hydroxyl groups excluding tert-OH is 1. The van der Waals surface area contributed by atoms with Crippen LogP contribution in [0.15, 0.2) is 0 Å². The molecule has 2 unspecified atom stereocenters. The van der Waals surface area contributed by atoms with Crippen molar-refractivity contribution < 1.29 is 19.4 Å². The highest BCUT2D eigenvalue weighted by Gasteiger charge is 2.38. The fourth-order valence-corrected chi connectivity index (χ4v) is 1.74. The molecule has 0 aromatic rings. The van der Waals surface area contributed by atoms with Crippen LogP contribution in [0.1, 0.15) is 33.6 Å². The second kappa shape index (κ2) is 5.04. The number of carbonyl (C=O) groups excluding carboxylic acids is 2. The lowest BCUT2D eigenvalue weighted by Crippen LogP contribution is -2.51. The van der Waals surface area contributed by atoms with Crippen molar-refractivity contribution in [1.29, 1.82) is 0 Å². The first kappa shape index (κ1) is 14.0. The van der Waals surface area contributed by atoms with E-state index in [0.717, 1.165) is 6.42 Å². The Morgan fingerprint density at radius 1 is 1.59 bits per heavy atom. The van der Waals surface area contributed by atoms with Gasteiger partial charge in [-0.25, -0.2) is 4.79 Å². The number of ether oxygens (including phenoxy) is 1. The van der Waals surface area contributed by atoms with Gasteiger partial charge >= 0.3 is 5.97 Å². The zero-order valence-corrected chi connectivity index (χ0v) is 10.5. The minimum atomic E-state index is -1.20. The van der Waals surface area contributed by atoms with Gasteiger partial charge in [-0.2, -0.15) is 0 Å². The molecule has 1 amide bonds. The molecule has 1 N–H and O–H groups in total. The van der Waals surface area contributed by atoms with E-state index in [1.54, 1.807) is 13.8 Å². The molecule has 0 spiro atoms. The Morgan fingerprint density at radius 2 is 2.18 bits per heavy atom. The maximum absolute atomic E-state index is 11.5. The molecule has 5 nitrogen and oxygen atoms in total. The summed E-state index contributed by atoms with van der Waals surface area (Å²) in [5.74, 6) is -0.768. The fraction of sp³-hybridized carbons (Fsp3) is 0.750. The minimum absolute atomic E-state index is 0.0290. The third-order valence-electron chi connectivity index (χ3n) is 2.86. The van der Waals surface area contributed by atoms with Crippen LogP contribution in [-0.2, 0) is 14.3 Å². The summed E-state index contributed by atoms with van der Waals surface area (Å²) in [5, 5.41) is 9.09. The largest absolute Gasteiger partial charge is 0.456 e. The van der Waals surface area contributed by atoms with E-state index in [1.165, 1.54) is 11.8 Å². The molecule has 17 heavy (non-hydrogen) atoms. The smallest absolute Gasteiger partial charge is 0.335 e. The van der Waals surface area contributed by atoms with Crippen LogP contribution in [0.3, 0.4) is 0 Å². The molecule has 5 heteroatoms. The summed E-state index contributed by atoms with van der Waals surface area (Å²) in [6, 6.07) is -0.694. The lowest BCUT2D eigenvalue weighted by atomic mass is 9.98. The van der Waals surface area contributed by atoms with Crippen LogP contribution in [0.5, 0.6) is 0 Å². The van der Waals surface area contributed by atoms with Gasteiger partial charge in [-0.15, -0.1) is 0 Å². The standard InChI is InChI=1S/C12H19NO4/c1-8(14)11(16)17-12(3,4)9(2)13-7-5-6-10(13)15/h2,8-9,14H,5-7H2,1,3-4H3. The average Bonchev–Trinajstić information content (AvgIpc) is 2.62. The first-order chi connectivity index (χ1) is 7.75. The van der Waals surface area contributed by atoms with Crippen LogP contribution in [-0.4, -0.2) is 46.2 Å². The molecule has 96 valence electrons. The number of hydrogen-bond donors (Lipinski definition) is 1. The number of aliphatic hydroxyl groups is 1. The number of hydrogen-bond acceptors (Lipinski definition) is 4. The summed E-state index contributed by atoms with van der Waals surface area (Å²) in [5.41, 5.74) is -1.02. The van der Waals surface area contributed by atoms with Gasteiger partial charge in [0.1, 0.15) is 11.7 Å². The number of carbonyl (C=O) groups is 2. The van der Waals surface area contributed by atoms with Gasteiger partial charge in [0.25, 0.3) is 0 Å². The molecule has 1 rings (SSSR count). The van der Waals surface area contributed by atoms with Gasteiger partial charge in [0.05, 0.1) is 6.04 Å². The highest BCUT2D eigenvalue weighted by molar-refractivity contribution is 5.79. The quantitative estimate of drug-likeness (QED) is 0.723. The molecule has 0 aromatic carbocycles. The number of rotatable bonds is 4. The van der Waals surface area contributed by atoms with Gasteiger partial charge in [0.2, 0.25) is 5.91 Å². The SMILES string of the molecule is [CH]C(N1CCCC1=O)C(C)(C)OC(=O)C(C)O. The second-order valence-corrected chi connectivity index (χ2v) is 4.84. The molecule has 1 heterocycles. The molecule has 1 fully saturated rings. The third-order valence-corrected chi connectivity index (χ3v) is 2.86. The van der Waals surface area contributed by atoms with Crippen LogP contribution >= 0.6 is 0 Å². The van der Waals surface area contributed by atoms with E-state index in [-0.39, 0.29) is 5.91 Å². The summed E-state index contributed by atoms with van der Waals surface area (Å²) in [4.78, 5) is 24.4. The number of likely N-dealkylation sites (tertiary alicyclic amines) is 1. The summed E-state index contributed by atoms with van der Waals surface area (Å²) < 4.78 is 5.11. The second-order valence-electron chi connectivity index (χ2n) is 4.84. The molecule has 1 aliphatic rings. The molecule has 0 aromatic heterocycles. The topological polar surface area (TPSA) is 66.8 Å². The Hall–Kier alpha value is -1.10. The molecule has 2 radical (unpaired) electrons. The van der Waals surface area contributed by atoms with Gasteiger partial charge in [0.15, 0.2) is 0 Å². The Balaban J connectivity index is 2.68. The maximum Gasteiger partial charge on any atom is 0.335 e. The van der Waals surface area contributed by atoms with Gasteiger partial charge < -0.3 is 14.7 Å². The Bertz CT molecular complexity index is 312. The normalized spacial score (nSPS) is 20.3. The molecule has 1 saturated heterocycles. The van der Waals surface area contributed by atoms with E-state index < -0.39 is 23.7 Å². The predicted octanol–water partition coefficient (Wildman–Crippen LogP) is 0.391. The monoisotopic (exact) mass is 241 g/mol. The zero-order chi connectivity index (χ0) is 13.2. The molecular weight excluding hydrogens is 222 g/mol. The van der Waals surface area contributed by atoms with Gasteiger partial charge in [-0.1, -0.05) is 0 Å². The number of esters is 1. The van der Waals surface area contributed by atoms with E-state index in [4.69, 9.17) is 16.8 Å². The van der Waals surface area contributed by atoms with Crippen molar-refractivity contribution >= 4 is 11.9 Å². The van der Waals surface area contributed by atoms with E-state index in [1.807, 2.05) is 0 Å².